The predicted octanol–water partition coefficient (Wildman–Crippen LogP) is 4.39. The summed E-state index contributed by atoms with van der Waals surface area (Å²) in [4.78, 5) is 18.2. The van der Waals surface area contributed by atoms with E-state index in [1.165, 1.54) is 16.8 Å². The Kier molecular flexibility index (Phi) is 4.89. The Balaban J connectivity index is 1.36. The van der Waals surface area contributed by atoms with Crippen molar-refractivity contribution in [2.24, 2.45) is 5.92 Å². The van der Waals surface area contributed by atoms with Crippen LogP contribution in [0.2, 0.25) is 5.02 Å². The maximum Gasteiger partial charge on any atom is 0.226 e. The van der Waals surface area contributed by atoms with Crippen LogP contribution in [-0.2, 0) is 4.79 Å². The quantitative estimate of drug-likeness (QED) is 0.791. The third-order valence-corrected chi connectivity index (χ3v) is 6.07. The van der Waals surface area contributed by atoms with E-state index in [1.54, 1.807) is 0 Å². The zero-order chi connectivity index (χ0) is 18.3. The number of carbonyl (C=O) groups is 1. The van der Waals surface area contributed by atoms with Crippen LogP contribution in [0.3, 0.4) is 0 Å². The largest absolute Gasteiger partial charge is 0.368 e. The highest BCUT2D eigenvalue weighted by atomic mass is 35.5. The van der Waals surface area contributed by atoms with E-state index in [-0.39, 0.29) is 5.92 Å². The summed E-state index contributed by atoms with van der Waals surface area (Å²) >= 11 is 10.5. The molecule has 0 radical (unpaired) electrons. The van der Waals surface area contributed by atoms with E-state index in [9.17, 15) is 4.79 Å². The van der Waals surface area contributed by atoms with Crippen molar-refractivity contribution in [1.29, 1.82) is 0 Å². The van der Waals surface area contributed by atoms with Crippen LogP contribution in [-0.4, -0.2) is 37.0 Å². The molecular formula is C21H23ClN2OS. The van der Waals surface area contributed by atoms with E-state index in [0.29, 0.717) is 11.8 Å². The topological polar surface area (TPSA) is 23.6 Å². The van der Waals surface area contributed by atoms with Crippen LogP contribution in [0.5, 0.6) is 0 Å². The number of anilines is 1. The Hall–Kier alpha value is -1.65. The van der Waals surface area contributed by atoms with Crippen molar-refractivity contribution in [1.82, 2.24) is 4.90 Å². The maximum atomic E-state index is 12.8. The Bertz CT molecular complexity index is 815. The normalized spacial score (nSPS) is 22.4. The van der Waals surface area contributed by atoms with E-state index >= 15 is 0 Å². The van der Waals surface area contributed by atoms with Crippen molar-refractivity contribution < 1.29 is 4.79 Å². The summed E-state index contributed by atoms with van der Waals surface area (Å²) < 4.78 is 0. The molecular weight excluding hydrogens is 364 g/mol. The highest BCUT2D eigenvalue weighted by Crippen LogP contribution is 2.48. The average Bonchev–Trinajstić information content (AvgIpc) is 3.45. The van der Waals surface area contributed by atoms with Crippen LogP contribution in [0, 0.1) is 12.8 Å². The lowest BCUT2D eigenvalue weighted by atomic mass is 10.1. The van der Waals surface area contributed by atoms with Gasteiger partial charge in [-0.25, -0.2) is 0 Å². The lowest BCUT2D eigenvalue weighted by molar-refractivity contribution is -0.132. The van der Waals surface area contributed by atoms with Gasteiger partial charge in [-0.3, -0.25) is 4.79 Å². The number of hydrogen-bond donors (Lipinski definition) is 1. The standard InChI is InChI=1S/C21H23ClN2OS/c1-14-2-5-16(22)12-20(14)23-8-10-24(11-9-23)21(25)19-13-18(19)15-3-6-17(26)7-4-15/h2-7,12,18-19,26H,8-11,13H2,1H3. The third kappa shape index (κ3) is 3.58. The van der Waals surface area contributed by atoms with Crippen LogP contribution < -0.4 is 4.90 Å². The first-order chi connectivity index (χ1) is 12.5. The number of thiol groups is 1. The Morgan fingerprint density at radius 3 is 2.46 bits per heavy atom. The average molecular weight is 387 g/mol. The van der Waals surface area contributed by atoms with Crippen molar-refractivity contribution in [2.75, 3.05) is 31.1 Å². The first kappa shape index (κ1) is 17.7. The first-order valence-corrected chi connectivity index (χ1v) is 9.94. The van der Waals surface area contributed by atoms with Crippen molar-refractivity contribution in [3.05, 3.63) is 58.6 Å². The fourth-order valence-corrected chi connectivity index (χ4v) is 4.20. The number of halogens is 1. The zero-order valence-electron chi connectivity index (χ0n) is 14.9. The van der Waals surface area contributed by atoms with Gasteiger partial charge >= 0.3 is 0 Å². The van der Waals surface area contributed by atoms with E-state index in [2.05, 4.69) is 42.7 Å². The Morgan fingerprint density at radius 1 is 1.08 bits per heavy atom. The van der Waals surface area contributed by atoms with Crippen molar-refractivity contribution in [2.45, 2.75) is 24.2 Å². The summed E-state index contributed by atoms with van der Waals surface area (Å²) in [5, 5.41) is 0.761. The first-order valence-electron chi connectivity index (χ1n) is 9.12. The summed E-state index contributed by atoms with van der Waals surface area (Å²) in [6, 6.07) is 14.2. The molecule has 0 spiro atoms. The molecule has 2 unspecified atom stereocenters. The number of hydrogen-bond acceptors (Lipinski definition) is 3. The fraction of sp³-hybridized carbons (Fsp3) is 0.381. The minimum Gasteiger partial charge on any atom is -0.368 e. The van der Waals surface area contributed by atoms with E-state index in [4.69, 9.17) is 11.6 Å². The molecule has 136 valence electrons. The van der Waals surface area contributed by atoms with Crippen LogP contribution in [0.15, 0.2) is 47.4 Å². The van der Waals surface area contributed by atoms with E-state index in [0.717, 1.165) is 42.5 Å². The number of benzene rings is 2. The molecule has 26 heavy (non-hydrogen) atoms. The zero-order valence-corrected chi connectivity index (χ0v) is 16.5. The highest BCUT2D eigenvalue weighted by molar-refractivity contribution is 7.80. The smallest absolute Gasteiger partial charge is 0.226 e. The van der Waals surface area contributed by atoms with Gasteiger partial charge in [0.1, 0.15) is 0 Å². The molecule has 1 aliphatic heterocycles. The molecule has 1 heterocycles. The second-order valence-electron chi connectivity index (χ2n) is 7.28. The van der Waals surface area contributed by atoms with Gasteiger partial charge in [0.25, 0.3) is 0 Å². The molecule has 5 heteroatoms. The van der Waals surface area contributed by atoms with Gasteiger partial charge in [-0.15, -0.1) is 12.6 Å². The molecule has 1 amide bonds. The lowest BCUT2D eigenvalue weighted by Crippen LogP contribution is -2.49. The van der Waals surface area contributed by atoms with Crippen molar-refractivity contribution >= 4 is 35.8 Å². The van der Waals surface area contributed by atoms with Crippen LogP contribution >= 0.6 is 24.2 Å². The number of carbonyl (C=O) groups excluding carboxylic acids is 1. The fourth-order valence-electron chi connectivity index (χ4n) is 3.88. The molecule has 3 nitrogen and oxygen atoms in total. The number of nitrogens with zero attached hydrogens (tertiary/aromatic N) is 2. The molecule has 2 aromatic rings. The van der Waals surface area contributed by atoms with Crippen LogP contribution in [0.1, 0.15) is 23.5 Å². The lowest BCUT2D eigenvalue weighted by Gasteiger charge is -2.37. The monoisotopic (exact) mass is 386 g/mol. The Labute approximate surface area is 165 Å². The minimum absolute atomic E-state index is 0.153. The van der Waals surface area contributed by atoms with Gasteiger partial charge < -0.3 is 9.80 Å². The second-order valence-corrected chi connectivity index (χ2v) is 8.24. The van der Waals surface area contributed by atoms with E-state index in [1.807, 2.05) is 29.2 Å². The molecule has 2 aliphatic rings. The van der Waals surface area contributed by atoms with Crippen LogP contribution in [0.4, 0.5) is 5.69 Å². The van der Waals surface area contributed by atoms with Gasteiger partial charge in [0.15, 0.2) is 0 Å². The molecule has 0 N–H and O–H groups in total. The molecule has 0 bridgehead atoms. The van der Waals surface area contributed by atoms with Crippen LogP contribution in [0.25, 0.3) is 0 Å². The predicted molar refractivity (Wildman–Crippen MR) is 110 cm³/mol. The number of rotatable bonds is 3. The summed E-state index contributed by atoms with van der Waals surface area (Å²) in [6.45, 7) is 5.39. The molecule has 2 atom stereocenters. The van der Waals surface area contributed by atoms with Crippen molar-refractivity contribution in [3.63, 3.8) is 0 Å². The summed E-state index contributed by atoms with van der Waals surface area (Å²) in [5.74, 6) is 0.845. The third-order valence-electron chi connectivity index (χ3n) is 5.53. The van der Waals surface area contributed by atoms with E-state index < -0.39 is 0 Å². The van der Waals surface area contributed by atoms with Gasteiger partial charge in [0, 0.05) is 47.7 Å². The highest BCUT2D eigenvalue weighted by Gasteiger charge is 2.46. The SMILES string of the molecule is Cc1ccc(Cl)cc1N1CCN(C(=O)C2CC2c2ccc(S)cc2)CC1. The summed E-state index contributed by atoms with van der Waals surface area (Å²) in [7, 11) is 0. The van der Waals surface area contributed by atoms with Gasteiger partial charge in [-0.2, -0.15) is 0 Å². The van der Waals surface area contributed by atoms with Crippen molar-refractivity contribution in [3.8, 4) is 0 Å². The van der Waals surface area contributed by atoms with Gasteiger partial charge in [0.2, 0.25) is 5.91 Å². The Morgan fingerprint density at radius 2 is 1.77 bits per heavy atom. The molecule has 1 aliphatic carbocycles. The number of piperazine rings is 1. The molecule has 1 saturated heterocycles. The molecule has 1 saturated carbocycles. The van der Waals surface area contributed by atoms with Gasteiger partial charge in [-0.05, 0) is 54.7 Å². The molecule has 2 aromatic carbocycles. The molecule has 0 aromatic heterocycles. The number of aryl methyl sites for hydroxylation is 1. The van der Waals surface area contributed by atoms with Gasteiger partial charge in [0.05, 0.1) is 0 Å². The summed E-state index contributed by atoms with van der Waals surface area (Å²) in [5.41, 5.74) is 3.67. The van der Waals surface area contributed by atoms with Gasteiger partial charge in [-0.1, -0.05) is 29.8 Å². The molecule has 2 fully saturated rings. The second kappa shape index (κ2) is 7.16. The molecule has 4 rings (SSSR count). The minimum atomic E-state index is 0.153. The number of amides is 1. The maximum absolute atomic E-state index is 12.8. The summed E-state index contributed by atoms with van der Waals surface area (Å²) in [6.07, 6.45) is 0.971.